The zero-order chi connectivity index (χ0) is 8.69. The molecule has 0 aliphatic heterocycles. The molecule has 0 aliphatic rings. The molecule has 0 saturated carbocycles. The Morgan fingerprint density at radius 3 is 2.55 bits per heavy atom. The summed E-state index contributed by atoms with van der Waals surface area (Å²) in [5, 5.41) is 0. The molecule has 0 fully saturated rings. The minimum Gasteiger partial charge on any atom is -0.468 e. The lowest BCUT2D eigenvalue weighted by Gasteiger charge is -2.07. The highest BCUT2D eigenvalue weighted by atomic mass is 16.5. The molecule has 0 aliphatic carbocycles. The Hall–Kier alpha value is -1.05. The third-order valence-electron chi connectivity index (χ3n) is 1.14. The average molecular weight is 153 g/mol. The fraction of sp³-hybridized carbons (Fsp3) is 0.444. The normalized spacial score (nSPS) is 12.5. The number of allylic oxidation sites excluding steroid dienone is 1. The third-order valence-corrected chi connectivity index (χ3v) is 1.14. The van der Waals surface area contributed by atoms with Crippen LogP contribution in [-0.4, -0.2) is 6.21 Å². The first-order valence-electron chi connectivity index (χ1n) is 3.67. The third kappa shape index (κ3) is 4.37. The molecule has 11 heavy (non-hydrogen) atoms. The van der Waals surface area contributed by atoms with Crippen molar-refractivity contribution in [3.63, 3.8) is 0 Å². The van der Waals surface area contributed by atoms with Crippen LogP contribution in [-0.2, 0) is 4.74 Å². The maximum Gasteiger partial charge on any atom is 0.124 e. The molecule has 0 aromatic rings. The van der Waals surface area contributed by atoms with Crippen LogP contribution in [0.4, 0.5) is 0 Å². The fourth-order valence-corrected chi connectivity index (χ4v) is 0.560. The van der Waals surface area contributed by atoms with E-state index in [4.69, 9.17) is 4.74 Å². The van der Waals surface area contributed by atoms with Crippen LogP contribution in [0.25, 0.3) is 0 Å². The largest absolute Gasteiger partial charge is 0.468 e. The smallest absolute Gasteiger partial charge is 0.124 e. The van der Waals surface area contributed by atoms with E-state index >= 15 is 0 Å². The van der Waals surface area contributed by atoms with Crippen LogP contribution in [0, 0.1) is 5.92 Å². The van der Waals surface area contributed by atoms with Crippen LogP contribution in [0.1, 0.15) is 20.8 Å². The second-order valence-electron chi connectivity index (χ2n) is 2.38. The molecule has 62 valence electrons. The Morgan fingerprint density at radius 1 is 1.55 bits per heavy atom. The van der Waals surface area contributed by atoms with Crippen LogP contribution < -0.4 is 0 Å². The predicted molar refractivity (Wildman–Crippen MR) is 48.4 cm³/mol. The summed E-state index contributed by atoms with van der Waals surface area (Å²) in [7, 11) is 0. The molecule has 0 unspecified atom stereocenters. The maximum atomic E-state index is 5.12. The van der Waals surface area contributed by atoms with Crippen molar-refractivity contribution in [2.75, 3.05) is 0 Å². The maximum absolute atomic E-state index is 5.12. The van der Waals surface area contributed by atoms with E-state index in [1.165, 1.54) is 6.26 Å². The molecule has 0 atom stereocenters. The van der Waals surface area contributed by atoms with Crippen LogP contribution in [0.5, 0.6) is 0 Å². The first kappa shape index (κ1) is 9.95. The molecular weight excluding hydrogens is 138 g/mol. The van der Waals surface area contributed by atoms with Gasteiger partial charge in [-0.2, -0.15) is 0 Å². The van der Waals surface area contributed by atoms with E-state index in [0.717, 1.165) is 5.76 Å². The van der Waals surface area contributed by atoms with Crippen molar-refractivity contribution in [3.05, 3.63) is 24.8 Å². The Morgan fingerprint density at radius 2 is 2.18 bits per heavy atom. The molecule has 0 aromatic carbocycles. The van der Waals surface area contributed by atoms with Crippen LogP contribution in [0.2, 0.25) is 0 Å². The Labute approximate surface area is 68.3 Å². The summed E-state index contributed by atoms with van der Waals surface area (Å²) in [5.74, 6) is 1.18. The zero-order valence-electron chi connectivity index (χ0n) is 7.37. The molecule has 0 heterocycles. The average Bonchev–Trinajstić information content (AvgIpc) is 1.97. The number of hydrogen-bond donors (Lipinski definition) is 0. The molecular formula is C9H15NO. The summed E-state index contributed by atoms with van der Waals surface area (Å²) < 4.78 is 5.12. The number of rotatable bonds is 4. The van der Waals surface area contributed by atoms with Crippen molar-refractivity contribution in [2.24, 2.45) is 10.9 Å². The van der Waals surface area contributed by atoms with Gasteiger partial charge < -0.3 is 4.74 Å². The van der Waals surface area contributed by atoms with Gasteiger partial charge in [-0.15, -0.1) is 0 Å². The van der Waals surface area contributed by atoms with Gasteiger partial charge in [0.25, 0.3) is 0 Å². The molecule has 0 aromatic heterocycles. The van der Waals surface area contributed by atoms with E-state index in [1.54, 1.807) is 12.4 Å². The van der Waals surface area contributed by atoms with Crippen molar-refractivity contribution in [1.82, 2.24) is 0 Å². The highest BCUT2D eigenvalue weighted by Crippen LogP contribution is 2.10. The van der Waals surface area contributed by atoms with Crippen LogP contribution in [0.3, 0.4) is 0 Å². The highest BCUT2D eigenvalue weighted by molar-refractivity contribution is 5.54. The number of aliphatic imine (C=N–C) groups is 1. The zero-order valence-corrected chi connectivity index (χ0v) is 7.37. The fourth-order valence-electron chi connectivity index (χ4n) is 0.560. The van der Waals surface area contributed by atoms with Crippen molar-refractivity contribution in [1.29, 1.82) is 0 Å². The van der Waals surface area contributed by atoms with Gasteiger partial charge in [0.15, 0.2) is 0 Å². The van der Waals surface area contributed by atoms with E-state index in [0.29, 0.717) is 5.92 Å². The second kappa shape index (κ2) is 5.71. The van der Waals surface area contributed by atoms with Crippen molar-refractivity contribution < 1.29 is 4.74 Å². The first-order chi connectivity index (χ1) is 5.22. The quantitative estimate of drug-likeness (QED) is 0.449. The lowest BCUT2D eigenvalue weighted by atomic mass is 10.2. The van der Waals surface area contributed by atoms with Gasteiger partial charge in [0, 0.05) is 12.1 Å². The molecule has 0 spiro atoms. The van der Waals surface area contributed by atoms with Gasteiger partial charge in [-0.25, -0.2) is 0 Å². The molecule has 0 saturated heterocycles. The van der Waals surface area contributed by atoms with E-state index in [9.17, 15) is 0 Å². The first-order valence-corrected chi connectivity index (χ1v) is 3.67. The Kier molecular flexibility index (Phi) is 5.17. The topological polar surface area (TPSA) is 21.6 Å². The summed E-state index contributed by atoms with van der Waals surface area (Å²) in [6, 6.07) is 0. The predicted octanol–water partition coefficient (Wildman–Crippen LogP) is 2.73. The van der Waals surface area contributed by atoms with Gasteiger partial charge in [-0.3, -0.25) is 4.99 Å². The summed E-state index contributed by atoms with van der Waals surface area (Å²) in [6.07, 6.45) is 4.83. The van der Waals surface area contributed by atoms with E-state index in [2.05, 4.69) is 11.6 Å². The van der Waals surface area contributed by atoms with Crippen LogP contribution >= 0.6 is 0 Å². The summed E-state index contributed by atoms with van der Waals surface area (Å²) in [6.45, 7) is 9.42. The number of nitrogens with zero attached hydrogens (tertiary/aromatic N) is 1. The SMILES string of the molecule is C=CO/C(=C\N=C\C)C(C)C. The minimum atomic E-state index is 0.344. The molecule has 0 amide bonds. The molecule has 2 nitrogen and oxygen atoms in total. The summed E-state index contributed by atoms with van der Waals surface area (Å²) in [5.41, 5.74) is 0. The molecule has 0 bridgehead atoms. The highest BCUT2D eigenvalue weighted by Gasteiger charge is 2.00. The lowest BCUT2D eigenvalue weighted by Crippen LogP contribution is -1.94. The van der Waals surface area contributed by atoms with Gasteiger partial charge in [0.05, 0.1) is 12.5 Å². The number of hydrogen-bond acceptors (Lipinski definition) is 2. The molecule has 2 heteroatoms. The second-order valence-corrected chi connectivity index (χ2v) is 2.38. The van der Waals surface area contributed by atoms with Gasteiger partial charge in [-0.1, -0.05) is 20.4 Å². The lowest BCUT2D eigenvalue weighted by molar-refractivity contribution is 0.305. The summed E-state index contributed by atoms with van der Waals surface area (Å²) in [4.78, 5) is 3.95. The Bertz CT molecular complexity index is 168. The van der Waals surface area contributed by atoms with Crippen LogP contribution in [0.15, 0.2) is 29.8 Å². The van der Waals surface area contributed by atoms with E-state index in [1.807, 2.05) is 20.8 Å². The molecule has 0 radical (unpaired) electrons. The summed E-state index contributed by atoms with van der Waals surface area (Å²) >= 11 is 0. The molecule has 0 N–H and O–H groups in total. The number of ether oxygens (including phenoxy) is 1. The van der Waals surface area contributed by atoms with Gasteiger partial charge in [-0.05, 0) is 6.92 Å². The Balaban J connectivity index is 4.18. The molecule has 0 rings (SSSR count). The minimum absolute atomic E-state index is 0.344. The van der Waals surface area contributed by atoms with E-state index < -0.39 is 0 Å². The van der Waals surface area contributed by atoms with E-state index in [-0.39, 0.29) is 0 Å². The van der Waals surface area contributed by atoms with Crippen molar-refractivity contribution >= 4 is 6.21 Å². The van der Waals surface area contributed by atoms with Crippen molar-refractivity contribution in [2.45, 2.75) is 20.8 Å². The standard InChI is InChI=1S/C9H15NO/c1-5-10-7-9(8(3)4)11-6-2/h5-8H,2H2,1,3-4H3/b9-7-,10-5+. The monoisotopic (exact) mass is 153 g/mol. The van der Waals surface area contributed by atoms with Gasteiger partial charge in [0.1, 0.15) is 5.76 Å². The van der Waals surface area contributed by atoms with Gasteiger partial charge in [0.2, 0.25) is 0 Å². The van der Waals surface area contributed by atoms with Crippen molar-refractivity contribution in [3.8, 4) is 0 Å². The van der Waals surface area contributed by atoms with Gasteiger partial charge >= 0.3 is 0 Å².